The van der Waals surface area contributed by atoms with Crippen molar-refractivity contribution in [3.8, 4) is 5.69 Å². The molecule has 0 aliphatic heterocycles. The van der Waals surface area contributed by atoms with Crippen molar-refractivity contribution >= 4 is 35.1 Å². The van der Waals surface area contributed by atoms with Crippen LogP contribution in [0, 0.1) is 5.92 Å². The highest BCUT2D eigenvalue weighted by Gasteiger charge is 2.24. The zero-order chi connectivity index (χ0) is 18.6. The zero-order valence-electron chi connectivity index (χ0n) is 14.1. The Balaban J connectivity index is 2.16. The van der Waals surface area contributed by atoms with E-state index in [4.69, 9.17) is 27.9 Å². The number of carbonyl (C=O) groups excluding carboxylic acids is 2. The lowest BCUT2D eigenvalue weighted by molar-refractivity contribution is -0.143. The number of nitrogens with one attached hydrogen (secondary N) is 1. The Hall–Kier alpha value is -2.05. The van der Waals surface area contributed by atoms with Gasteiger partial charge in [0, 0.05) is 6.20 Å². The van der Waals surface area contributed by atoms with E-state index in [9.17, 15) is 9.59 Å². The highest BCUT2D eigenvalue weighted by molar-refractivity contribution is 6.42. The van der Waals surface area contributed by atoms with Gasteiger partial charge in [0.2, 0.25) is 0 Å². The summed E-state index contributed by atoms with van der Waals surface area (Å²) in [5.41, 5.74) is 0.851. The number of nitrogens with zero attached hydrogens (tertiary/aromatic N) is 2. The number of carbonyl (C=O) groups is 2. The van der Waals surface area contributed by atoms with E-state index in [1.165, 1.54) is 11.8 Å². The lowest BCUT2D eigenvalue weighted by Gasteiger charge is -2.17. The molecule has 2 rings (SSSR count). The SMILES string of the molecule is COC(=O)C(CC(C)C)NC(=O)c1ccn(-c2ccc(Cl)c(Cl)c2)n1. The Kier molecular flexibility index (Phi) is 6.45. The first-order valence-electron chi connectivity index (χ1n) is 7.71. The molecule has 0 saturated heterocycles. The Morgan fingerprint density at radius 2 is 1.96 bits per heavy atom. The molecule has 1 aromatic carbocycles. The fourth-order valence-corrected chi connectivity index (χ4v) is 2.57. The minimum absolute atomic E-state index is 0.184. The van der Waals surface area contributed by atoms with Gasteiger partial charge in [0.05, 0.1) is 22.8 Å². The molecule has 2 aromatic rings. The predicted molar refractivity (Wildman–Crippen MR) is 96.3 cm³/mol. The summed E-state index contributed by atoms with van der Waals surface area (Å²) in [7, 11) is 1.29. The maximum atomic E-state index is 12.4. The van der Waals surface area contributed by atoms with Gasteiger partial charge in [-0.05, 0) is 36.6 Å². The molecule has 25 heavy (non-hydrogen) atoms. The van der Waals surface area contributed by atoms with Gasteiger partial charge in [0.15, 0.2) is 5.69 Å². The van der Waals surface area contributed by atoms with E-state index in [2.05, 4.69) is 10.4 Å². The fourth-order valence-electron chi connectivity index (χ4n) is 2.28. The zero-order valence-corrected chi connectivity index (χ0v) is 15.6. The second-order valence-electron chi connectivity index (χ2n) is 5.92. The summed E-state index contributed by atoms with van der Waals surface area (Å²) in [5, 5.41) is 7.71. The van der Waals surface area contributed by atoms with Crippen LogP contribution in [0.5, 0.6) is 0 Å². The molecular formula is C17H19Cl2N3O3. The van der Waals surface area contributed by atoms with Crippen molar-refractivity contribution in [3.63, 3.8) is 0 Å². The molecule has 1 N–H and O–H groups in total. The number of esters is 1. The van der Waals surface area contributed by atoms with E-state index < -0.39 is 17.9 Å². The van der Waals surface area contributed by atoms with Crippen molar-refractivity contribution in [2.24, 2.45) is 5.92 Å². The molecule has 0 spiro atoms. The standard InChI is InChI=1S/C17H19Cl2N3O3/c1-10(2)8-15(17(24)25-3)20-16(23)14-6-7-22(21-14)11-4-5-12(18)13(19)9-11/h4-7,9-10,15H,8H2,1-3H3,(H,20,23). The summed E-state index contributed by atoms with van der Waals surface area (Å²) in [4.78, 5) is 24.2. The van der Waals surface area contributed by atoms with Gasteiger partial charge in [0.1, 0.15) is 6.04 Å². The third-order valence-electron chi connectivity index (χ3n) is 3.49. The molecule has 0 radical (unpaired) electrons. The minimum atomic E-state index is -0.715. The molecule has 134 valence electrons. The van der Waals surface area contributed by atoms with E-state index >= 15 is 0 Å². The monoisotopic (exact) mass is 383 g/mol. The van der Waals surface area contributed by atoms with Crippen LogP contribution < -0.4 is 5.32 Å². The Morgan fingerprint density at radius 1 is 1.24 bits per heavy atom. The molecule has 0 saturated carbocycles. The summed E-state index contributed by atoms with van der Waals surface area (Å²) in [6.45, 7) is 3.92. The van der Waals surface area contributed by atoms with Gasteiger partial charge in [0.25, 0.3) is 5.91 Å². The number of ether oxygens (including phenoxy) is 1. The second kappa shape index (κ2) is 8.36. The van der Waals surface area contributed by atoms with Gasteiger partial charge in [-0.3, -0.25) is 4.79 Å². The molecule has 8 heteroatoms. The highest BCUT2D eigenvalue weighted by atomic mass is 35.5. The van der Waals surface area contributed by atoms with Crippen molar-refractivity contribution in [3.05, 3.63) is 46.2 Å². The van der Waals surface area contributed by atoms with Crippen molar-refractivity contribution in [1.29, 1.82) is 0 Å². The van der Waals surface area contributed by atoms with E-state index in [1.807, 2.05) is 13.8 Å². The molecule has 1 aromatic heterocycles. The number of hydrogen-bond donors (Lipinski definition) is 1. The molecule has 1 amide bonds. The normalized spacial score (nSPS) is 12.1. The molecule has 1 atom stereocenters. The van der Waals surface area contributed by atoms with Crippen molar-refractivity contribution in [2.45, 2.75) is 26.3 Å². The van der Waals surface area contributed by atoms with Gasteiger partial charge in [-0.25, -0.2) is 9.48 Å². The average molecular weight is 384 g/mol. The molecule has 0 aliphatic carbocycles. The van der Waals surface area contributed by atoms with Crippen LogP contribution in [0.1, 0.15) is 30.8 Å². The fraction of sp³-hybridized carbons (Fsp3) is 0.353. The van der Waals surface area contributed by atoms with Crippen LogP contribution in [-0.2, 0) is 9.53 Å². The summed E-state index contributed by atoms with van der Waals surface area (Å²) < 4.78 is 6.25. The highest BCUT2D eigenvalue weighted by Crippen LogP contribution is 2.24. The average Bonchev–Trinajstić information content (AvgIpc) is 3.05. The second-order valence-corrected chi connectivity index (χ2v) is 6.74. The van der Waals surface area contributed by atoms with Crippen molar-refractivity contribution in [1.82, 2.24) is 15.1 Å². The predicted octanol–water partition coefficient (Wildman–Crippen LogP) is 3.50. The minimum Gasteiger partial charge on any atom is -0.467 e. The third-order valence-corrected chi connectivity index (χ3v) is 4.23. The smallest absolute Gasteiger partial charge is 0.328 e. The Morgan fingerprint density at radius 3 is 2.56 bits per heavy atom. The Labute approximate surface area is 156 Å². The van der Waals surface area contributed by atoms with Gasteiger partial charge >= 0.3 is 5.97 Å². The first-order chi connectivity index (χ1) is 11.8. The topological polar surface area (TPSA) is 73.2 Å². The van der Waals surface area contributed by atoms with Gasteiger partial charge in [-0.15, -0.1) is 0 Å². The van der Waals surface area contributed by atoms with E-state index in [-0.39, 0.29) is 11.6 Å². The number of benzene rings is 1. The quantitative estimate of drug-likeness (QED) is 0.774. The van der Waals surface area contributed by atoms with Gasteiger partial charge in [-0.2, -0.15) is 5.10 Å². The first-order valence-corrected chi connectivity index (χ1v) is 8.47. The molecule has 0 aliphatic rings. The van der Waals surface area contributed by atoms with Crippen LogP contribution in [0.15, 0.2) is 30.5 Å². The number of methoxy groups -OCH3 is 1. The third kappa shape index (κ3) is 4.96. The molecule has 0 bridgehead atoms. The number of hydrogen-bond acceptors (Lipinski definition) is 4. The van der Waals surface area contributed by atoms with Crippen LogP contribution in [-0.4, -0.2) is 34.8 Å². The van der Waals surface area contributed by atoms with Crippen molar-refractivity contribution in [2.75, 3.05) is 7.11 Å². The first kappa shape index (κ1) is 19.3. The summed E-state index contributed by atoms with van der Waals surface area (Å²) in [6.07, 6.45) is 2.11. The molecule has 1 unspecified atom stereocenters. The summed E-state index contributed by atoms with van der Waals surface area (Å²) >= 11 is 11.9. The molecular weight excluding hydrogens is 365 g/mol. The van der Waals surface area contributed by atoms with Crippen LogP contribution in [0.25, 0.3) is 5.69 Å². The van der Waals surface area contributed by atoms with E-state index in [0.717, 1.165) is 0 Å². The lowest BCUT2D eigenvalue weighted by atomic mass is 10.0. The van der Waals surface area contributed by atoms with Crippen LogP contribution in [0.2, 0.25) is 10.0 Å². The summed E-state index contributed by atoms with van der Waals surface area (Å²) in [6, 6.07) is 5.87. The van der Waals surface area contributed by atoms with E-state index in [1.54, 1.807) is 30.5 Å². The number of halogens is 2. The van der Waals surface area contributed by atoms with Crippen LogP contribution in [0.3, 0.4) is 0 Å². The van der Waals surface area contributed by atoms with Gasteiger partial charge in [-0.1, -0.05) is 37.0 Å². The largest absolute Gasteiger partial charge is 0.467 e. The number of aromatic nitrogens is 2. The molecule has 6 nitrogen and oxygen atoms in total. The number of rotatable bonds is 6. The number of amides is 1. The lowest BCUT2D eigenvalue weighted by Crippen LogP contribution is -2.42. The molecule has 1 heterocycles. The molecule has 0 fully saturated rings. The van der Waals surface area contributed by atoms with E-state index in [0.29, 0.717) is 22.2 Å². The maximum Gasteiger partial charge on any atom is 0.328 e. The Bertz CT molecular complexity index is 774. The van der Waals surface area contributed by atoms with Gasteiger partial charge < -0.3 is 10.1 Å². The summed E-state index contributed by atoms with van der Waals surface area (Å²) in [5.74, 6) is -0.709. The van der Waals surface area contributed by atoms with Crippen molar-refractivity contribution < 1.29 is 14.3 Å². The van der Waals surface area contributed by atoms with Crippen LogP contribution >= 0.6 is 23.2 Å². The van der Waals surface area contributed by atoms with Crippen LogP contribution in [0.4, 0.5) is 0 Å². The maximum absolute atomic E-state index is 12.4.